The van der Waals surface area contributed by atoms with Gasteiger partial charge in [0.2, 0.25) is 5.91 Å². The predicted molar refractivity (Wildman–Crippen MR) is 82.7 cm³/mol. The zero-order valence-electron chi connectivity index (χ0n) is 13.8. The Morgan fingerprint density at radius 2 is 1.95 bits per heavy atom. The molecule has 0 aromatic carbocycles. The summed E-state index contributed by atoms with van der Waals surface area (Å²) in [6.07, 6.45) is 4.44. The topological polar surface area (TPSA) is 64.4 Å². The minimum Gasteiger partial charge on any atom is -0.377 e. The van der Waals surface area contributed by atoms with E-state index in [1.54, 1.807) is 0 Å². The molecule has 4 heteroatoms. The molecule has 3 fully saturated rings. The zero-order valence-corrected chi connectivity index (χ0v) is 13.8. The summed E-state index contributed by atoms with van der Waals surface area (Å²) in [5.74, 6) is 1.45. The van der Waals surface area contributed by atoms with E-state index >= 15 is 0 Å². The van der Waals surface area contributed by atoms with Crippen LogP contribution in [0, 0.1) is 23.2 Å². The van der Waals surface area contributed by atoms with Crippen molar-refractivity contribution in [3.8, 4) is 0 Å². The fourth-order valence-corrected chi connectivity index (χ4v) is 4.89. The Kier molecular flexibility index (Phi) is 3.61. The van der Waals surface area contributed by atoms with E-state index in [9.17, 15) is 4.79 Å². The van der Waals surface area contributed by atoms with E-state index in [2.05, 4.69) is 33.0 Å². The highest BCUT2D eigenvalue weighted by molar-refractivity contribution is 5.89. The van der Waals surface area contributed by atoms with E-state index in [4.69, 9.17) is 10.5 Å². The van der Waals surface area contributed by atoms with Gasteiger partial charge in [0.25, 0.3) is 0 Å². The van der Waals surface area contributed by atoms with Gasteiger partial charge >= 0.3 is 0 Å². The maximum atomic E-state index is 12.9. The minimum absolute atomic E-state index is 0.0465. The highest BCUT2D eigenvalue weighted by Gasteiger charge is 2.70. The number of amides is 1. The van der Waals surface area contributed by atoms with Crippen LogP contribution in [0.1, 0.15) is 53.4 Å². The first kappa shape index (κ1) is 15.3. The van der Waals surface area contributed by atoms with Gasteiger partial charge in [-0.15, -0.1) is 0 Å². The third kappa shape index (κ3) is 1.98. The molecule has 4 nitrogen and oxygen atoms in total. The van der Waals surface area contributed by atoms with Crippen molar-refractivity contribution >= 4 is 5.91 Å². The fourth-order valence-electron chi connectivity index (χ4n) is 4.89. The lowest BCUT2D eigenvalue weighted by atomic mass is 9.46. The van der Waals surface area contributed by atoms with Crippen LogP contribution < -0.4 is 11.1 Å². The van der Waals surface area contributed by atoms with E-state index < -0.39 is 5.54 Å². The number of nitrogens with one attached hydrogen (secondary N) is 1. The Balaban J connectivity index is 1.74. The molecule has 1 heterocycles. The highest BCUT2D eigenvalue weighted by atomic mass is 16.5. The lowest BCUT2D eigenvalue weighted by Gasteiger charge is -2.65. The molecule has 1 saturated heterocycles. The maximum absolute atomic E-state index is 12.9. The Morgan fingerprint density at radius 3 is 2.57 bits per heavy atom. The molecule has 3 aliphatic rings. The summed E-state index contributed by atoms with van der Waals surface area (Å²) in [5, 5.41) is 3.27. The molecule has 6 atom stereocenters. The average Bonchev–Trinajstić information content (AvgIpc) is 2.78. The number of hydrogen-bond donors (Lipinski definition) is 2. The molecular formula is C17H30N2O2. The molecule has 21 heavy (non-hydrogen) atoms. The molecule has 6 unspecified atom stereocenters. The first-order chi connectivity index (χ1) is 9.80. The lowest BCUT2D eigenvalue weighted by molar-refractivity contribution is -0.225. The largest absolute Gasteiger partial charge is 0.377 e. The molecule has 0 bridgehead atoms. The number of rotatable bonds is 2. The van der Waals surface area contributed by atoms with Crippen molar-refractivity contribution in [2.24, 2.45) is 28.9 Å². The number of ether oxygens (including phenoxy) is 1. The van der Waals surface area contributed by atoms with E-state index in [-0.39, 0.29) is 29.4 Å². The Hall–Kier alpha value is -0.610. The van der Waals surface area contributed by atoms with Gasteiger partial charge in [-0.25, -0.2) is 0 Å². The smallest absolute Gasteiger partial charge is 0.241 e. The standard InChI is InChI=1S/C17H30N2O2/c1-10-7-8-13(11(10)2)19-15(20)17(18)12-6-5-9-21-14(12)16(17,3)4/h10-14H,5-9,18H2,1-4H3,(H,19,20). The van der Waals surface area contributed by atoms with Crippen LogP contribution in [0.15, 0.2) is 0 Å². The van der Waals surface area contributed by atoms with Gasteiger partial charge in [-0.1, -0.05) is 27.7 Å². The first-order valence-electron chi connectivity index (χ1n) is 8.51. The van der Waals surface area contributed by atoms with Crippen molar-refractivity contribution in [2.45, 2.75) is 71.1 Å². The molecule has 3 rings (SSSR count). The van der Waals surface area contributed by atoms with E-state index in [0.29, 0.717) is 11.8 Å². The van der Waals surface area contributed by atoms with Gasteiger partial charge in [0.05, 0.1) is 6.10 Å². The van der Waals surface area contributed by atoms with Crippen LogP contribution in [0.4, 0.5) is 0 Å². The van der Waals surface area contributed by atoms with E-state index in [1.807, 2.05) is 0 Å². The summed E-state index contributed by atoms with van der Waals surface area (Å²) in [6, 6.07) is 0.285. The van der Waals surface area contributed by atoms with Gasteiger partial charge < -0.3 is 15.8 Å². The molecule has 0 radical (unpaired) electrons. The van der Waals surface area contributed by atoms with Gasteiger partial charge in [0, 0.05) is 24.0 Å². The monoisotopic (exact) mass is 294 g/mol. The van der Waals surface area contributed by atoms with Crippen molar-refractivity contribution in [2.75, 3.05) is 6.61 Å². The van der Waals surface area contributed by atoms with Crippen LogP contribution in [-0.4, -0.2) is 30.2 Å². The molecule has 1 aliphatic heterocycles. The Labute approximate surface area is 128 Å². The van der Waals surface area contributed by atoms with Crippen molar-refractivity contribution in [3.63, 3.8) is 0 Å². The number of hydrogen-bond acceptors (Lipinski definition) is 3. The highest BCUT2D eigenvalue weighted by Crippen LogP contribution is 2.57. The van der Waals surface area contributed by atoms with Crippen molar-refractivity contribution < 1.29 is 9.53 Å². The first-order valence-corrected chi connectivity index (χ1v) is 8.51. The Bertz CT molecular complexity index is 437. The van der Waals surface area contributed by atoms with Crippen LogP contribution in [-0.2, 0) is 9.53 Å². The fraction of sp³-hybridized carbons (Fsp3) is 0.941. The Morgan fingerprint density at radius 1 is 1.24 bits per heavy atom. The summed E-state index contributed by atoms with van der Waals surface area (Å²) in [5.41, 5.74) is 5.59. The molecule has 120 valence electrons. The van der Waals surface area contributed by atoms with Crippen LogP contribution >= 0.6 is 0 Å². The second kappa shape index (κ2) is 4.95. The molecule has 2 aliphatic carbocycles. The summed E-state index contributed by atoms with van der Waals surface area (Å²) in [4.78, 5) is 12.9. The van der Waals surface area contributed by atoms with Gasteiger partial charge in [0.1, 0.15) is 5.54 Å². The zero-order chi connectivity index (χ0) is 15.4. The van der Waals surface area contributed by atoms with Crippen LogP contribution in [0.5, 0.6) is 0 Å². The van der Waals surface area contributed by atoms with Crippen molar-refractivity contribution in [1.29, 1.82) is 0 Å². The molecule has 3 N–H and O–H groups in total. The number of carbonyl (C=O) groups is 1. The third-order valence-corrected chi connectivity index (χ3v) is 6.84. The third-order valence-electron chi connectivity index (χ3n) is 6.84. The van der Waals surface area contributed by atoms with Gasteiger partial charge in [-0.2, -0.15) is 0 Å². The van der Waals surface area contributed by atoms with Gasteiger partial charge in [-0.3, -0.25) is 4.79 Å². The molecule has 1 amide bonds. The molecule has 0 aromatic rings. The van der Waals surface area contributed by atoms with Crippen molar-refractivity contribution in [3.05, 3.63) is 0 Å². The summed E-state index contributed by atoms with van der Waals surface area (Å²) < 4.78 is 5.89. The van der Waals surface area contributed by atoms with Gasteiger partial charge in [0.15, 0.2) is 0 Å². The van der Waals surface area contributed by atoms with Crippen LogP contribution in [0.25, 0.3) is 0 Å². The van der Waals surface area contributed by atoms with Crippen LogP contribution in [0.2, 0.25) is 0 Å². The normalized spacial score (nSPS) is 48.3. The lowest BCUT2D eigenvalue weighted by Crippen LogP contribution is -2.82. The van der Waals surface area contributed by atoms with Crippen LogP contribution in [0.3, 0.4) is 0 Å². The minimum atomic E-state index is -0.774. The quantitative estimate of drug-likeness (QED) is 0.819. The predicted octanol–water partition coefficient (Wildman–Crippen LogP) is 2.07. The summed E-state index contributed by atoms with van der Waals surface area (Å²) >= 11 is 0. The number of nitrogens with two attached hydrogens (primary N) is 1. The SMILES string of the molecule is CC1CCC(NC(=O)C2(N)C3CCCOC3C2(C)C)C1C. The average molecular weight is 294 g/mol. The van der Waals surface area contributed by atoms with E-state index in [0.717, 1.165) is 25.9 Å². The molecule has 0 spiro atoms. The van der Waals surface area contributed by atoms with E-state index in [1.165, 1.54) is 6.42 Å². The molecular weight excluding hydrogens is 264 g/mol. The van der Waals surface area contributed by atoms with Gasteiger partial charge in [-0.05, 0) is 37.5 Å². The second-order valence-corrected chi connectivity index (χ2v) is 8.12. The number of carbonyl (C=O) groups excluding carboxylic acids is 1. The maximum Gasteiger partial charge on any atom is 0.241 e. The molecule has 2 saturated carbocycles. The van der Waals surface area contributed by atoms with Crippen molar-refractivity contribution in [1.82, 2.24) is 5.32 Å². The number of fused-ring (bicyclic) bond motifs is 1. The summed E-state index contributed by atoms with van der Waals surface area (Å²) in [6.45, 7) is 9.48. The molecule has 0 aromatic heterocycles. The summed E-state index contributed by atoms with van der Waals surface area (Å²) in [7, 11) is 0. The second-order valence-electron chi connectivity index (χ2n) is 8.12.